The van der Waals surface area contributed by atoms with Crippen molar-refractivity contribution in [1.82, 2.24) is 14.5 Å². The highest BCUT2D eigenvalue weighted by atomic mass is 16.5. The van der Waals surface area contributed by atoms with Crippen molar-refractivity contribution < 1.29 is 18.9 Å². The highest BCUT2D eigenvalue weighted by Gasteiger charge is 2.22. The van der Waals surface area contributed by atoms with Crippen LogP contribution >= 0.6 is 0 Å². The first-order valence-corrected chi connectivity index (χ1v) is 9.41. The van der Waals surface area contributed by atoms with Gasteiger partial charge in [-0.1, -0.05) is 35.3 Å². The molecule has 9 nitrogen and oxygen atoms in total. The Morgan fingerprint density at radius 3 is 2.66 bits per heavy atom. The number of amides is 1. The molecule has 1 aromatic carbocycles. The number of carbonyl (C=O) groups excluding carboxylic acids is 2. The minimum absolute atomic E-state index is 0.115. The molecule has 0 aliphatic carbocycles. The number of aromatic nitrogens is 4. The second kappa shape index (κ2) is 9.13. The minimum atomic E-state index is -0.328. The zero-order valence-corrected chi connectivity index (χ0v) is 16.5. The number of nitrogens with zero attached hydrogens (tertiary/aromatic N) is 3. The second-order valence-electron chi connectivity index (χ2n) is 6.74. The number of ether oxygens (including phenoxy) is 1. The molecular weight excluding hydrogens is 374 g/mol. The number of esters is 1. The van der Waals surface area contributed by atoms with E-state index < -0.39 is 0 Å². The van der Waals surface area contributed by atoms with Gasteiger partial charge >= 0.3 is 11.6 Å². The van der Waals surface area contributed by atoms with Gasteiger partial charge in [0.1, 0.15) is 0 Å². The molecule has 1 amide bonds. The zero-order chi connectivity index (χ0) is 20.8. The Morgan fingerprint density at radius 1 is 1.21 bits per heavy atom. The Kier molecular flexibility index (Phi) is 6.38. The van der Waals surface area contributed by atoms with E-state index in [2.05, 4.69) is 15.3 Å². The van der Waals surface area contributed by atoms with E-state index in [1.54, 1.807) is 0 Å². The fourth-order valence-corrected chi connectivity index (χ4v) is 3.09. The summed E-state index contributed by atoms with van der Waals surface area (Å²) >= 11 is 0. The third-order valence-corrected chi connectivity index (χ3v) is 4.30. The lowest BCUT2D eigenvalue weighted by Crippen LogP contribution is -2.34. The van der Waals surface area contributed by atoms with E-state index >= 15 is 0 Å². The van der Waals surface area contributed by atoms with Crippen LogP contribution in [0.3, 0.4) is 0 Å². The molecule has 0 bridgehead atoms. The predicted octanol–water partition coefficient (Wildman–Crippen LogP) is 1.36. The number of aromatic amines is 1. The van der Waals surface area contributed by atoms with Crippen LogP contribution in [0.2, 0.25) is 0 Å². The van der Waals surface area contributed by atoms with Crippen molar-refractivity contribution in [1.29, 1.82) is 0 Å². The van der Waals surface area contributed by atoms with Gasteiger partial charge in [-0.15, -0.1) is 0 Å². The largest absolute Gasteiger partial charge is 0.466 e. The van der Waals surface area contributed by atoms with E-state index in [1.165, 1.54) is 13.8 Å². The summed E-state index contributed by atoms with van der Waals surface area (Å²) in [7, 11) is 0. The lowest BCUT2D eigenvalue weighted by atomic mass is 10.2. The molecule has 9 heteroatoms. The number of anilines is 1. The van der Waals surface area contributed by atoms with Crippen LogP contribution in [0.4, 0.5) is 5.95 Å². The monoisotopic (exact) mass is 398 g/mol. The van der Waals surface area contributed by atoms with Crippen LogP contribution in [0.15, 0.2) is 41.5 Å². The van der Waals surface area contributed by atoms with Gasteiger partial charge in [-0.05, 0) is 18.4 Å². The summed E-state index contributed by atoms with van der Waals surface area (Å²) in [4.78, 5) is 42.0. The van der Waals surface area contributed by atoms with Gasteiger partial charge in [-0.2, -0.15) is 0 Å². The van der Waals surface area contributed by atoms with Crippen molar-refractivity contribution >= 4 is 29.0 Å². The lowest BCUT2D eigenvalue weighted by Gasteiger charge is -2.01. The number of hydrogen-bond donors (Lipinski definition) is 2. The van der Waals surface area contributed by atoms with Gasteiger partial charge in [0.2, 0.25) is 11.4 Å². The number of aryl methyl sites for hydroxylation is 1. The van der Waals surface area contributed by atoms with Gasteiger partial charge in [0, 0.05) is 13.8 Å². The van der Waals surface area contributed by atoms with Gasteiger partial charge in [0.05, 0.1) is 19.7 Å². The van der Waals surface area contributed by atoms with Crippen molar-refractivity contribution in [2.24, 2.45) is 0 Å². The molecule has 2 aromatic heterocycles. The highest BCUT2D eigenvalue weighted by molar-refractivity contribution is 5.87. The molecule has 2 heterocycles. The molecule has 3 aromatic rings. The predicted molar refractivity (Wildman–Crippen MR) is 106 cm³/mol. The average Bonchev–Trinajstić information content (AvgIpc) is 2.99. The Balaban J connectivity index is 1.92. The summed E-state index contributed by atoms with van der Waals surface area (Å²) in [5.74, 6) is -0.500. The molecule has 0 aliphatic rings. The van der Waals surface area contributed by atoms with Gasteiger partial charge in [-0.25, -0.2) is 4.57 Å². The molecule has 3 rings (SSSR count). The first kappa shape index (κ1) is 20.2. The number of benzene rings is 1. The van der Waals surface area contributed by atoms with Crippen molar-refractivity contribution in [2.45, 2.75) is 39.8 Å². The van der Waals surface area contributed by atoms with Crippen LogP contribution in [-0.2, 0) is 27.4 Å². The first-order chi connectivity index (χ1) is 13.9. The Morgan fingerprint density at radius 2 is 1.97 bits per heavy atom. The van der Waals surface area contributed by atoms with Crippen molar-refractivity contribution in [2.75, 3.05) is 11.9 Å². The molecule has 2 N–H and O–H groups in total. The molecule has 29 heavy (non-hydrogen) atoms. The fraction of sp³-hybridized carbons (Fsp3) is 0.350. The molecule has 152 valence electrons. The number of rotatable bonds is 8. The molecule has 0 atom stereocenters. The minimum Gasteiger partial charge on any atom is -0.466 e. The van der Waals surface area contributed by atoms with Gasteiger partial charge in [-0.3, -0.25) is 29.3 Å². The number of unbranched alkanes of at least 4 members (excludes halogenated alkanes) is 1. The van der Waals surface area contributed by atoms with Gasteiger partial charge in [0.15, 0.2) is 6.33 Å². The van der Waals surface area contributed by atoms with Crippen LogP contribution in [0, 0.1) is 0 Å². The normalized spacial score (nSPS) is 10.8. The van der Waals surface area contributed by atoms with Crippen LogP contribution in [0.1, 0.15) is 32.3 Å². The second-order valence-corrected chi connectivity index (χ2v) is 6.74. The number of carbonyl (C=O) groups is 2. The molecule has 0 saturated carbocycles. The number of nitrogens with one attached hydrogen (secondary N) is 2. The average molecular weight is 398 g/mol. The number of hydrogen-bond acceptors (Lipinski definition) is 5. The van der Waals surface area contributed by atoms with E-state index in [4.69, 9.17) is 4.74 Å². The molecule has 0 fully saturated rings. The quantitative estimate of drug-likeness (QED) is 0.338. The van der Waals surface area contributed by atoms with Gasteiger partial charge < -0.3 is 4.74 Å². The van der Waals surface area contributed by atoms with Crippen molar-refractivity contribution in [3.05, 3.63) is 52.6 Å². The Bertz CT molecular complexity index is 1070. The van der Waals surface area contributed by atoms with Crippen LogP contribution in [-0.4, -0.2) is 33.0 Å². The maximum absolute atomic E-state index is 12.7. The van der Waals surface area contributed by atoms with E-state index in [1.807, 2.05) is 45.8 Å². The summed E-state index contributed by atoms with van der Waals surface area (Å²) in [5, 5.41) is 2.53. The summed E-state index contributed by atoms with van der Waals surface area (Å²) in [6.45, 7) is 4.19. The van der Waals surface area contributed by atoms with Gasteiger partial charge in [0.25, 0.3) is 11.5 Å². The fourth-order valence-electron chi connectivity index (χ4n) is 3.09. The van der Waals surface area contributed by atoms with Crippen LogP contribution in [0.25, 0.3) is 11.2 Å². The topological polar surface area (TPSA) is 110 Å². The SMILES string of the molecule is CC(=O)Nc1nc2c(c(=O)[nH]1)n(CCCCOC(C)=O)c[n+]2Cc1ccccc1. The third-order valence-electron chi connectivity index (χ3n) is 4.30. The van der Waals surface area contributed by atoms with Crippen molar-refractivity contribution in [3.63, 3.8) is 0 Å². The van der Waals surface area contributed by atoms with E-state index in [0.717, 1.165) is 12.0 Å². The number of imidazole rings is 1. The van der Waals surface area contributed by atoms with E-state index in [0.29, 0.717) is 37.3 Å². The van der Waals surface area contributed by atoms with Crippen LogP contribution in [0.5, 0.6) is 0 Å². The summed E-state index contributed by atoms with van der Waals surface area (Å²) in [6.07, 6.45) is 3.27. The maximum Gasteiger partial charge on any atom is 0.311 e. The summed E-state index contributed by atoms with van der Waals surface area (Å²) < 4.78 is 8.68. The Hall–Kier alpha value is -3.49. The smallest absolute Gasteiger partial charge is 0.311 e. The standard InChI is InChI=1S/C20H23N5O4/c1-14(26)21-20-22-18-17(19(28)23-20)24(10-6-7-11-29-15(2)27)13-25(18)12-16-8-4-3-5-9-16/h3-5,8-9,13H,6-7,10-12H2,1-2H3,(H-,21,22,23,26,28)/p+1. The molecular formula is C20H24N5O4+. The maximum atomic E-state index is 12.7. The summed E-state index contributed by atoms with van der Waals surface area (Å²) in [6, 6.07) is 9.84. The molecule has 0 aliphatic heterocycles. The third kappa shape index (κ3) is 5.28. The zero-order valence-electron chi connectivity index (χ0n) is 16.5. The van der Waals surface area contributed by atoms with Crippen molar-refractivity contribution in [3.8, 4) is 0 Å². The first-order valence-electron chi connectivity index (χ1n) is 9.41. The molecule has 0 spiro atoms. The Labute approximate surface area is 167 Å². The summed E-state index contributed by atoms with van der Waals surface area (Å²) in [5.41, 5.74) is 1.66. The van der Waals surface area contributed by atoms with Crippen LogP contribution < -0.4 is 15.4 Å². The molecule has 0 radical (unpaired) electrons. The number of H-pyrrole nitrogens is 1. The van der Waals surface area contributed by atoms with E-state index in [9.17, 15) is 14.4 Å². The lowest BCUT2D eigenvalue weighted by molar-refractivity contribution is -0.665. The molecule has 0 unspecified atom stereocenters. The molecule has 0 saturated heterocycles. The highest BCUT2D eigenvalue weighted by Crippen LogP contribution is 2.10. The van der Waals surface area contributed by atoms with E-state index in [-0.39, 0.29) is 23.4 Å². The number of fused-ring (bicyclic) bond motifs is 1.